The molecule has 0 spiro atoms. The van der Waals surface area contributed by atoms with Crippen molar-refractivity contribution in [1.29, 1.82) is 0 Å². The maximum Gasteiger partial charge on any atom is 0.0810 e. The lowest BCUT2D eigenvalue weighted by atomic mass is 10.1. The van der Waals surface area contributed by atoms with Gasteiger partial charge in [0, 0.05) is 0 Å². The maximum absolute atomic E-state index is 5.09. The molecule has 1 atom stereocenters. The normalized spacial score (nSPS) is 22.4. The monoisotopic (exact) mass is 140 g/mol. The van der Waals surface area contributed by atoms with Crippen LogP contribution in [0.1, 0.15) is 33.1 Å². The van der Waals surface area contributed by atoms with Crippen molar-refractivity contribution in [3.8, 4) is 0 Å². The minimum absolute atomic E-state index is 0.616. The van der Waals surface area contributed by atoms with Gasteiger partial charge in [-0.15, -0.1) is 0 Å². The summed E-state index contributed by atoms with van der Waals surface area (Å²) in [6.45, 7) is 5.30. The van der Waals surface area contributed by atoms with Gasteiger partial charge in [-0.2, -0.15) is 0 Å². The fourth-order valence-electron chi connectivity index (χ4n) is 0.971. The average molecular weight is 140 g/mol. The second-order valence-electron chi connectivity index (χ2n) is 3.17. The van der Waals surface area contributed by atoms with Crippen LogP contribution in [0.5, 0.6) is 0 Å². The Morgan fingerprint density at radius 3 is 2.80 bits per heavy atom. The second kappa shape index (κ2) is 3.77. The molecule has 0 aromatic carbocycles. The topological polar surface area (TPSA) is 12.5 Å². The van der Waals surface area contributed by atoms with Crippen molar-refractivity contribution < 1.29 is 4.74 Å². The summed E-state index contributed by atoms with van der Waals surface area (Å²) in [7, 11) is 0. The molecule has 1 rings (SSSR count). The molecule has 0 aliphatic carbocycles. The van der Waals surface area contributed by atoms with Crippen LogP contribution in [0.4, 0.5) is 0 Å². The Labute approximate surface area is 63.1 Å². The smallest absolute Gasteiger partial charge is 0.0810 e. The van der Waals surface area contributed by atoms with Crippen LogP contribution >= 0.6 is 0 Å². The summed E-state index contributed by atoms with van der Waals surface area (Å²) in [6.07, 6.45) is 6.68. The average Bonchev–Trinajstić information content (AvgIpc) is 2.62. The number of rotatable bonds is 4. The van der Waals surface area contributed by atoms with Crippen molar-refractivity contribution in [3.05, 3.63) is 11.6 Å². The van der Waals surface area contributed by atoms with Crippen LogP contribution in [0.25, 0.3) is 0 Å². The molecule has 0 amide bonds. The molecule has 10 heavy (non-hydrogen) atoms. The Morgan fingerprint density at radius 1 is 1.60 bits per heavy atom. The molecule has 0 bridgehead atoms. The van der Waals surface area contributed by atoms with Gasteiger partial charge in [-0.1, -0.05) is 11.6 Å². The van der Waals surface area contributed by atoms with Gasteiger partial charge < -0.3 is 4.74 Å². The van der Waals surface area contributed by atoms with Crippen LogP contribution in [0.3, 0.4) is 0 Å². The Morgan fingerprint density at radius 2 is 2.30 bits per heavy atom. The third kappa shape index (κ3) is 3.67. The third-order valence-corrected chi connectivity index (χ3v) is 1.69. The van der Waals surface area contributed by atoms with Gasteiger partial charge in [-0.05, 0) is 33.1 Å². The van der Waals surface area contributed by atoms with E-state index in [0.717, 1.165) is 6.61 Å². The number of hydrogen-bond donors (Lipinski definition) is 0. The lowest BCUT2D eigenvalue weighted by Crippen LogP contribution is -1.83. The number of epoxide rings is 1. The standard InChI is InChI=1S/C9H16O/c1-8(2)5-3-4-6-9-7-10-9/h5,9H,3-4,6-7H2,1-2H3/t9-/m0/s1. The summed E-state index contributed by atoms with van der Waals surface area (Å²) in [4.78, 5) is 0. The molecule has 0 unspecified atom stereocenters. The van der Waals surface area contributed by atoms with Gasteiger partial charge >= 0.3 is 0 Å². The summed E-state index contributed by atoms with van der Waals surface area (Å²) in [5.41, 5.74) is 1.43. The zero-order chi connectivity index (χ0) is 7.40. The van der Waals surface area contributed by atoms with E-state index in [-0.39, 0.29) is 0 Å². The SMILES string of the molecule is CC(C)=CCCC[C@H]1CO1. The highest BCUT2D eigenvalue weighted by Gasteiger charge is 2.20. The molecule has 0 aromatic rings. The number of ether oxygens (including phenoxy) is 1. The summed E-state index contributed by atoms with van der Waals surface area (Å²) in [5.74, 6) is 0. The number of hydrogen-bond acceptors (Lipinski definition) is 1. The first-order chi connectivity index (χ1) is 4.79. The molecule has 1 nitrogen and oxygen atoms in total. The highest BCUT2D eigenvalue weighted by Crippen LogP contribution is 2.16. The summed E-state index contributed by atoms with van der Waals surface area (Å²) >= 11 is 0. The van der Waals surface area contributed by atoms with Crippen molar-refractivity contribution in [1.82, 2.24) is 0 Å². The lowest BCUT2D eigenvalue weighted by molar-refractivity contribution is 0.392. The fourth-order valence-corrected chi connectivity index (χ4v) is 0.971. The van der Waals surface area contributed by atoms with Crippen LogP contribution in [0, 0.1) is 0 Å². The summed E-state index contributed by atoms with van der Waals surface area (Å²) in [5, 5.41) is 0. The molecule has 0 N–H and O–H groups in total. The third-order valence-electron chi connectivity index (χ3n) is 1.69. The van der Waals surface area contributed by atoms with Gasteiger partial charge in [0.15, 0.2) is 0 Å². The van der Waals surface area contributed by atoms with Crippen LogP contribution in [0.2, 0.25) is 0 Å². The van der Waals surface area contributed by atoms with Crippen molar-refractivity contribution in [3.63, 3.8) is 0 Å². The number of unbranched alkanes of at least 4 members (excludes halogenated alkanes) is 1. The molecular weight excluding hydrogens is 124 g/mol. The van der Waals surface area contributed by atoms with Crippen molar-refractivity contribution in [2.75, 3.05) is 6.61 Å². The van der Waals surface area contributed by atoms with Gasteiger partial charge in [0.25, 0.3) is 0 Å². The van der Waals surface area contributed by atoms with E-state index in [1.54, 1.807) is 0 Å². The van der Waals surface area contributed by atoms with Crippen LogP contribution in [-0.4, -0.2) is 12.7 Å². The summed E-state index contributed by atoms with van der Waals surface area (Å²) in [6, 6.07) is 0. The highest BCUT2D eigenvalue weighted by atomic mass is 16.6. The Kier molecular flexibility index (Phi) is 2.94. The van der Waals surface area contributed by atoms with Crippen molar-refractivity contribution in [2.45, 2.75) is 39.2 Å². The number of allylic oxidation sites excluding steroid dienone is 2. The van der Waals surface area contributed by atoms with Gasteiger partial charge in [-0.3, -0.25) is 0 Å². The first-order valence-corrected chi connectivity index (χ1v) is 4.04. The molecule has 0 radical (unpaired) electrons. The molecule has 1 heterocycles. The van der Waals surface area contributed by atoms with E-state index >= 15 is 0 Å². The molecule has 1 aliphatic heterocycles. The van der Waals surface area contributed by atoms with E-state index in [9.17, 15) is 0 Å². The molecular formula is C9H16O. The quantitative estimate of drug-likeness (QED) is 0.332. The lowest BCUT2D eigenvalue weighted by Gasteiger charge is -1.92. The minimum atomic E-state index is 0.616. The largest absolute Gasteiger partial charge is 0.373 e. The highest BCUT2D eigenvalue weighted by molar-refractivity contribution is 4.92. The van der Waals surface area contributed by atoms with E-state index in [1.165, 1.54) is 24.8 Å². The van der Waals surface area contributed by atoms with E-state index in [1.807, 2.05) is 0 Å². The molecule has 0 saturated carbocycles. The maximum atomic E-state index is 5.09. The summed E-state index contributed by atoms with van der Waals surface area (Å²) < 4.78 is 5.09. The van der Waals surface area contributed by atoms with Gasteiger partial charge in [0.1, 0.15) is 0 Å². The second-order valence-corrected chi connectivity index (χ2v) is 3.17. The van der Waals surface area contributed by atoms with Crippen molar-refractivity contribution in [2.24, 2.45) is 0 Å². The zero-order valence-corrected chi connectivity index (χ0v) is 6.89. The molecule has 0 aromatic heterocycles. The zero-order valence-electron chi connectivity index (χ0n) is 6.89. The molecule has 1 heteroatoms. The van der Waals surface area contributed by atoms with E-state index in [4.69, 9.17) is 4.74 Å². The van der Waals surface area contributed by atoms with Crippen LogP contribution in [0.15, 0.2) is 11.6 Å². The first kappa shape index (κ1) is 7.80. The Bertz CT molecular complexity index is 119. The Hall–Kier alpha value is -0.300. The molecule has 58 valence electrons. The van der Waals surface area contributed by atoms with Gasteiger partial charge in [0.05, 0.1) is 12.7 Å². The minimum Gasteiger partial charge on any atom is -0.373 e. The van der Waals surface area contributed by atoms with Gasteiger partial charge in [0.2, 0.25) is 0 Å². The predicted molar refractivity (Wildman–Crippen MR) is 43.0 cm³/mol. The van der Waals surface area contributed by atoms with E-state index in [0.29, 0.717) is 6.10 Å². The predicted octanol–water partition coefficient (Wildman–Crippen LogP) is 2.52. The van der Waals surface area contributed by atoms with Gasteiger partial charge in [-0.25, -0.2) is 0 Å². The van der Waals surface area contributed by atoms with E-state index < -0.39 is 0 Å². The van der Waals surface area contributed by atoms with Crippen molar-refractivity contribution >= 4 is 0 Å². The van der Waals surface area contributed by atoms with E-state index in [2.05, 4.69) is 19.9 Å². The fraction of sp³-hybridized carbons (Fsp3) is 0.778. The molecule has 1 aliphatic rings. The first-order valence-electron chi connectivity index (χ1n) is 4.04. The Balaban J connectivity index is 1.89. The molecule has 1 saturated heterocycles. The molecule has 1 fully saturated rings. The van der Waals surface area contributed by atoms with Crippen LogP contribution < -0.4 is 0 Å². The van der Waals surface area contributed by atoms with Crippen LogP contribution in [-0.2, 0) is 4.74 Å².